The Morgan fingerprint density at radius 1 is 1.08 bits per heavy atom. The third-order valence-electron chi connectivity index (χ3n) is 6.85. The van der Waals surface area contributed by atoms with Gasteiger partial charge in [0.25, 0.3) is 0 Å². The van der Waals surface area contributed by atoms with Crippen molar-refractivity contribution in [1.29, 1.82) is 0 Å². The van der Waals surface area contributed by atoms with E-state index >= 15 is 0 Å². The lowest BCUT2D eigenvalue weighted by Gasteiger charge is -2.28. The van der Waals surface area contributed by atoms with Gasteiger partial charge in [-0.3, -0.25) is 4.98 Å². The van der Waals surface area contributed by atoms with Crippen LogP contribution in [-0.2, 0) is 6.54 Å². The largest absolute Gasteiger partial charge is 0.497 e. The number of aryl methyl sites for hydroxylation is 1. The summed E-state index contributed by atoms with van der Waals surface area (Å²) in [5.41, 5.74) is 6.22. The lowest BCUT2D eigenvalue weighted by Crippen LogP contribution is -2.29. The van der Waals surface area contributed by atoms with Crippen molar-refractivity contribution in [3.63, 3.8) is 0 Å². The van der Waals surface area contributed by atoms with Gasteiger partial charge in [0.05, 0.1) is 30.5 Å². The number of aromatic nitrogens is 2. The van der Waals surface area contributed by atoms with Crippen LogP contribution in [0.25, 0.3) is 5.69 Å². The summed E-state index contributed by atoms with van der Waals surface area (Å²) in [6.45, 7) is 4.72. The first-order valence-corrected chi connectivity index (χ1v) is 12.4. The molecule has 7 nitrogen and oxygen atoms in total. The number of ether oxygens (including phenoxy) is 1. The highest BCUT2D eigenvalue weighted by molar-refractivity contribution is 7.80. The molecule has 2 atom stereocenters. The Bertz CT molecular complexity index is 1450. The fraction of sp³-hybridized carbons (Fsp3) is 0.207. The van der Waals surface area contributed by atoms with Crippen LogP contribution in [0.1, 0.15) is 50.7 Å². The quantitative estimate of drug-likeness (QED) is 0.322. The summed E-state index contributed by atoms with van der Waals surface area (Å²) in [7, 11) is 1.66. The van der Waals surface area contributed by atoms with Gasteiger partial charge in [0.2, 0.25) is 0 Å². The highest BCUT2D eigenvalue weighted by Gasteiger charge is 2.41. The first-order valence-electron chi connectivity index (χ1n) is 12.0. The summed E-state index contributed by atoms with van der Waals surface area (Å²) in [5.74, 6) is -0.142. The molecule has 5 rings (SSSR count). The fourth-order valence-corrected chi connectivity index (χ4v) is 5.41. The van der Waals surface area contributed by atoms with E-state index in [9.17, 15) is 9.90 Å². The van der Waals surface area contributed by atoms with E-state index in [4.69, 9.17) is 17.0 Å². The highest BCUT2D eigenvalue weighted by Crippen LogP contribution is 2.42. The van der Waals surface area contributed by atoms with Gasteiger partial charge in [-0.15, -0.1) is 0 Å². The van der Waals surface area contributed by atoms with E-state index in [0.29, 0.717) is 11.7 Å². The van der Waals surface area contributed by atoms with Crippen LogP contribution < -0.4 is 10.1 Å². The molecule has 188 valence electrons. The minimum Gasteiger partial charge on any atom is -0.497 e. The van der Waals surface area contributed by atoms with E-state index in [1.165, 1.54) is 0 Å². The molecule has 0 unspecified atom stereocenters. The van der Waals surface area contributed by atoms with Crippen molar-refractivity contribution >= 4 is 23.3 Å². The number of nitrogens with zero attached hydrogens (tertiary/aromatic N) is 3. The van der Waals surface area contributed by atoms with Gasteiger partial charge in [-0.1, -0.05) is 24.3 Å². The van der Waals surface area contributed by atoms with Crippen molar-refractivity contribution in [2.75, 3.05) is 7.11 Å². The van der Waals surface area contributed by atoms with Crippen molar-refractivity contribution < 1.29 is 14.6 Å². The second kappa shape index (κ2) is 10.1. The number of aromatic carboxylic acids is 1. The van der Waals surface area contributed by atoms with E-state index in [0.717, 1.165) is 39.6 Å². The normalized spacial score (nSPS) is 17.1. The first-order chi connectivity index (χ1) is 17.9. The maximum Gasteiger partial charge on any atom is 0.335 e. The van der Waals surface area contributed by atoms with Gasteiger partial charge in [0.1, 0.15) is 5.75 Å². The van der Waals surface area contributed by atoms with Gasteiger partial charge >= 0.3 is 5.97 Å². The molecule has 0 spiro atoms. The molecular formula is C29H28N4O3S. The third kappa shape index (κ3) is 4.68. The summed E-state index contributed by atoms with van der Waals surface area (Å²) in [6, 6.07) is 22.8. The van der Waals surface area contributed by atoms with E-state index in [1.807, 2.05) is 55.5 Å². The SMILES string of the molecule is COc1ccc(CN2C(=S)N[C@@H](c3ccccn3)[C@@H]2c2cc(C)n(-c3cccc(C(=O)O)c3)c2C)cc1. The van der Waals surface area contributed by atoms with Gasteiger partial charge in [-0.05, 0) is 85.7 Å². The fourth-order valence-electron chi connectivity index (χ4n) is 5.10. The van der Waals surface area contributed by atoms with Gasteiger partial charge in [0, 0.05) is 29.8 Å². The van der Waals surface area contributed by atoms with Crippen LogP contribution in [0, 0.1) is 13.8 Å². The lowest BCUT2D eigenvalue weighted by atomic mass is 9.96. The van der Waals surface area contributed by atoms with Gasteiger partial charge in [0.15, 0.2) is 5.11 Å². The first kappa shape index (κ1) is 24.5. The number of hydrogen-bond donors (Lipinski definition) is 2. The maximum atomic E-state index is 11.6. The number of methoxy groups -OCH3 is 1. The number of nitrogens with one attached hydrogen (secondary N) is 1. The van der Waals surface area contributed by atoms with Crippen LogP contribution >= 0.6 is 12.2 Å². The minimum absolute atomic E-state index is 0.118. The molecule has 1 fully saturated rings. The van der Waals surface area contributed by atoms with Crippen molar-refractivity contribution in [2.45, 2.75) is 32.5 Å². The van der Waals surface area contributed by atoms with Crippen LogP contribution in [0.3, 0.4) is 0 Å². The number of pyridine rings is 1. The number of thiocarbonyl (C=S) groups is 1. The number of carboxylic acid groups (broad SMARTS) is 1. The second-order valence-corrected chi connectivity index (χ2v) is 9.51. The van der Waals surface area contributed by atoms with Crippen LogP contribution in [0.4, 0.5) is 0 Å². The summed E-state index contributed by atoms with van der Waals surface area (Å²) < 4.78 is 7.42. The van der Waals surface area contributed by atoms with E-state index in [2.05, 4.69) is 32.8 Å². The van der Waals surface area contributed by atoms with Gasteiger partial charge in [-0.25, -0.2) is 4.79 Å². The standard InChI is InChI=1S/C29H28N4O3S/c1-18-15-24(19(2)33(18)22-8-6-7-21(16-22)28(34)35)27-26(25-9-4-5-14-30-25)31-29(37)32(27)17-20-10-12-23(36-3)13-11-20/h4-16,26-27H,17H2,1-3H3,(H,31,37)(H,34,35)/t26-,27-/m0/s1. The smallest absolute Gasteiger partial charge is 0.335 e. The highest BCUT2D eigenvalue weighted by atomic mass is 32.1. The topological polar surface area (TPSA) is 79.6 Å². The summed E-state index contributed by atoms with van der Waals surface area (Å²) in [4.78, 5) is 18.5. The number of benzene rings is 2. The molecule has 0 radical (unpaired) electrons. The molecule has 1 aliphatic heterocycles. The number of hydrogen-bond acceptors (Lipinski definition) is 4. The molecule has 2 N–H and O–H groups in total. The molecule has 0 aliphatic carbocycles. The monoisotopic (exact) mass is 512 g/mol. The summed E-state index contributed by atoms with van der Waals surface area (Å²) >= 11 is 5.85. The Labute approximate surface area is 221 Å². The molecule has 2 aromatic heterocycles. The predicted octanol–water partition coefficient (Wildman–Crippen LogP) is 5.37. The molecule has 0 bridgehead atoms. The predicted molar refractivity (Wildman–Crippen MR) is 146 cm³/mol. The average molecular weight is 513 g/mol. The number of carbonyl (C=O) groups is 1. The zero-order valence-electron chi connectivity index (χ0n) is 20.9. The van der Waals surface area contributed by atoms with E-state index < -0.39 is 5.97 Å². The van der Waals surface area contributed by atoms with E-state index in [-0.39, 0.29) is 17.6 Å². The van der Waals surface area contributed by atoms with Crippen LogP contribution in [-0.4, -0.2) is 37.7 Å². The minimum atomic E-state index is -0.948. The van der Waals surface area contributed by atoms with E-state index in [1.54, 1.807) is 31.5 Å². The van der Waals surface area contributed by atoms with Crippen molar-refractivity contribution in [2.24, 2.45) is 0 Å². The molecule has 1 saturated heterocycles. The van der Waals surface area contributed by atoms with Gasteiger partial charge < -0.3 is 24.6 Å². The molecular weight excluding hydrogens is 484 g/mol. The average Bonchev–Trinajstić information content (AvgIpc) is 3.39. The van der Waals surface area contributed by atoms with Gasteiger partial charge in [-0.2, -0.15) is 0 Å². The zero-order valence-corrected chi connectivity index (χ0v) is 21.7. The molecule has 0 saturated carbocycles. The van der Waals surface area contributed by atoms with Crippen molar-refractivity contribution in [3.8, 4) is 11.4 Å². The molecule has 8 heteroatoms. The van der Waals surface area contributed by atoms with Crippen LogP contribution in [0.5, 0.6) is 5.75 Å². The molecule has 1 aliphatic rings. The second-order valence-electron chi connectivity index (χ2n) is 9.12. The van der Waals surface area contributed by atoms with Crippen LogP contribution in [0.2, 0.25) is 0 Å². The third-order valence-corrected chi connectivity index (χ3v) is 7.20. The Kier molecular flexibility index (Phi) is 6.67. The van der Waals surface area contributed by atoms with Crippen molar-refractivity contribution in [1.82, 2.24) is 19.8 Å². The molecule has 3 heterocycles. The maximum absolute atomic E-state index is 11.6. The molecule has 37 heavy (non-hydrogen) atoms. The number of rotatable bonds is 7. The molecule has 2 aromatic carbocycles. The Balaban J connectivity index is 1.60. The Morgan fingerprint density at radius 2 is 1.86 bits per heavy atom. The van der Waals surface area contributed by atoms with Crippen molar-refractivity contribution in [3.05, 3.63) is 113 Å². The molecule has 0 amide bonds. The number of carboxylic acids is 1. The Hall–Kier alpha value is -4.17. The van der Waals surface area contributed by atoms with Crippen LogP contribution in [0.15, 0.2) is 79.0 Å². The molecule has 4 aromatic rings. The lowest BCUT2D eigenvalue weighted by molar-refractivity contribution is 0.0697. The Morgan fingerprint density at radius 3 is 2.54 bits per heavy atom. The summed E-state index contributed by atoms with van der Waals surface area (Å²) in [6.07, 6.45) is 1.80. The summed E-state index contributed by atoms with van der Waals surface area (Å²) in [5, 5.41) is 13.7. The zero-order chi connectivity index (χ0) is 26.1.